The van der Waals surface area contributed by atoms with Crippen molar-refractivity contribution >= 4 is 0 Å². The topological polar surface area (TPSA) is 21.3 Å². The zero-order chi connectivity index (χ0) is 14.0. The van der Waals surface area contributed by atoms with E-state index in [1.54, 1.807) is 0 Å². The van der Waals surface area contributed by atoms with Gasteiger partial charge in [0.15, 0.2) is 0 Å². The van der Waals surface area contributed by atoms with Gasteiger partial charge in [-0.2, -0.15) is 0 Å². The third kappa shape index (κ3) is 2.78. The van der Waals surface area contributed by atoms with E-state index in [2.05, 4.69) is 19.2 Å². The van der Waals surface area contributed by atoms with Gasteiger partial charge in [-0.3, -0.25) is 0 Å². The van der Waals surface area contributed by atoms with Crippen LogP contribution in [0.15, 0.2) is 0 Å². The van der Waals surface area contributed by atoms with Crippen LogP contribution in [0.2, 0.25) is 0 Å². The Bertz CT molecular complexity index is 305. The predicted octanol–water partition coefficient (Wildman–Crippen LogP) is 4.14. The summed E-state index contributed by atoms with van der Waals surface area (Å²) in [6.45, 7) is 6.68. The molecule has 3 aliphatic rings. The average molecular weight is 279 g/mol. The van der Waals surface area contributed by atoms with Crippen molar-refractivity contribution in [3.8, 4) is 0 Å². The lowest BCUT2D eigenvalue weighted by molar-refractivity contribution is -0.172. The average Bonchev–Trinajstić information content (AvgIpc) is 2.37. The zero-order valence-electron chi connectivity index (χ0n) is 13.5. The van der Waals surface area contributed by atoms with Gasteiger partial charge in [0, 0.05) is 18.1 Å². The summed E-state index contributed by atoms with van der Waals surface area (Å²) < 4.78 is 5.93. The largest absolute Gasteiger partial charge is 0.378 e. The first-order chi connectivity index (χ1) is 9.74. The molecule has 1 spiro atoms. The Kier molecular flexibility index (Phi) is 4.72. The van der Waals surface area contributed by atoms with Gasteiger partial charge in [0.2, 0.25) is 0 Å². The highest BCUT2D eigenvalue weighted by Crippen LogP contribution is 2.57. The van der Waals surface area contributed by atoms with Gasteiger partial charge in [-0.1, -0.05) is 39.0 Å². The molecule has 1 N–H and O–H groups in total. The number of nitrogens with one attached hydrogen (secondary N) is 1. The summed E-state index contributed by atoms with van der Waals surface area (Å²) in [6, 6.07) is 0.760. The van der Waals surface area contributed by atoms with Crippen molar-refractivity contribution in [2.24, 2.45) is 17.3 Å². The molecule has 0 heterocycles. The van der Waals surface area contributed by atoms with Crippen LogP contribution in [0, 0.1) is 17.3 Å². The normalized spacial score (nSPS) is 39.3. The van der Waals surface area contributed by atoms with Gasteiger partial charge in [0.05, 0.1) is 6.10 Å². The lowest BCUT2D eigenvalue weighted by atomic mass is 9.51. The molecule has 116 valence electrons. The third-order valence-electron chi connectivity index (χ3n) is 6.52. The van der Waals surface area contributed by atoms with Gasteiger partial charge < -0.3 is 10.1 Å². The Morgan fingerprint density at radius 2 is 1.90 bits per heavy atom. The molecule has 0 aromatic rings. The van der Waals surface area contributed by atoms with Crippen LogP contribution in [0.5, 0.6) is 0 Å². The molecule has 3 aliphatic carbocycles. The molecule has 0 amide bonds. The summed E-state index contributed by atoms with van der Waals surface area (Å²) >= 11 is 0. The van der Waals surface area contributed by atoms with Crippen LogP contribution in [-0.2, 0) is 4.74 Å². The highest BCUT2D eigenvalue weighted by atomic mass is 16.5. The maximum Gasteiger partial charge on any atom is 0.0661 e. The quantitative estimate of drug-likeness (QED) is 0.789. The van der Waals surface area contributed by atoms with Crippen molar-refractivity contribution in [2.75, 3.05) is 13.2 Å². The molecule has 0 aliphatic heterocycles. The second kappa shape index (κ2) is 6.36. The van der Waals surface area contributed by atoms with E-state index >= 15 is 0 Å². The molecule has 3 saturated carbocycles. The van der Waals surface area contributed by atoms with E-state index in [0.29, 0.717) is 11.5 Å². The van der Waals surface area contributed by atoms with Crippen LogP contribution >= 0.6 is 0 Å². The van der Waals surface area contributed by atoms with Crippen LogP contribution in [-0.4, -0.2) is 25.3 Å². The van der Waals surface area contributed by atoms with Crippen molar-refractivity contribution in [1.29, 1.82) is 0 Å². The molecular formula is C18H33NO. The molecule has 3 fully saturated rings. The molecule has 0 bridgehead atoms. The number of rotatable bonds is 6. The van der Waals surface area contributed by atoms with Crippen molar-refractivity contribution in [3.05, 3.63) is 0 Å². The summed E-state index contributed by atoms with van der Waals surface area (Å²) in [7, 11) is 0. The van der Waals surface area contributed by atoms with Gasteiger partial charge in [-0.25, -0.2) is 0 Å². The van der Waals surface area contributed by atoms with Gasteiger partial charge in [-0.15, -0.1) is 0 Å². The highest BCUT2D eigenvalue weighted by molar-refractivity contribution is 5.12. The number of hydrogen-bond acceptors (Lipinski definition) is 2. The molecule has 2 nitrogen and oxygen atoms in total. The molecule has 0 saturated heterocycles. The molecule has 0 aromatic carbocycles. The van der Waals surface area contributed by atoms with E-state index in [1.807, 2.05) is 0 Å². The molecule has 2 atom stereocenters. The van der Waals surface area contributed by atoms with Crippen molar-refractivity contribution in [2.45, 2.75) is 83.8 Å². The van der Waals surface area contributed by atoms with Crippen LogP contribution in [0.3, 0.4) is 0 Å². The Morgan fingerprint density at radius 3 is 2.50 bits per heavy atom. The smallest absolute Gasteiger partial charge is 0.0661 e. The molecular weight excluding hydrogens is 246 g/mol. The Hall–Kier alpha value is -0.0800. The fourth-order valence-corrected chi connectivity index (χ4v) is 4.80. The fraction of sp³-hybridized carbons (Fsp3) is 1.00. The van der Waals surface area contributed by atoms with Crippen LogP contribution in [0.25, 0.3) is 0 Å². The van der Waals surface area contributed by atoms with Crippen LogP contribution < -0.4 is 5.32 Å². The first kappa shape index (κ1) is 14.8. The standard InChI is InChI=1S/C18H33NO/c1-3-20-17-13-16(18(17)10-4-11-18)19-12-9-15-7-5-14(2)6-8-15/h14-17,19H,3-13H2,1-2H3. The summed E-state index contributed by atoms with van der Waals surface area (Å²) in [5.41, 5.74) is 0.539. The molecule has 0 radical (unpaired) electrons. The third-order valence-corrected chi connectivity index (χ3v) is 6.52. The van der Waals surface area contributed by atoms with E-state index in [-0.39, 0.29) is 0 Å². The SMILES string of the molecule is CCOC1CC(NCCC2CCC(C)CC2)C12CCC2. The van der Waals surface area contributed by atoms with Crippen LogP contribution in [0.1, 0.15) is 71.6 Å². The first-order valence-electron chi connectivity index (χ1n) is 9.09. The monoisotopic (exact) mass is 279 g/mol. The van der Waals surface area contributed by atoms with E-state index in [4.69, 9.17) is 4.74 Å². The fourth-order valence-electron chi connectivity index (χ4n) is 4.80. The van der Waals surface area contributed by atoms with E-state index in [1.165, 1.54) is 64.3 Å². The van der Waals surface area contributed by atoms with Gasteiger partial charge in [-0.05, 0) is 51.0 Å². The Labute approximate surface area is 125 Å². The van der Waals surface area contributed by atoms with E-state index in [0.717, 1.165) is 24.5 Å². The molecule has 0 aromatic heterocycles. The summed E-state index contributed by atoms with van der Waals surface area (Å²) in [5.74, 6) is 1.98. The minimum absolute atomic E-state index is 0.539. The lowest BCUT2D eigenvalue weighted by Crippen LogP contribution is -2.67. The second-order valence-electron chi connectivity index (χ2n) is 7.69. The van der Waals surface area contributed by atoms with E-state index in [9.17, 15) is 0 Å². The van der Waals surface area contributed by atoms with Gasteiger partial charge in [0.1, 0.15) is 0 Å². The van der Waals surface area contributed by atoms with Gasteiger partial charge in [0.25, 0.3) is 0 Å². The minimum Gasteiger partial charge on any atom is -0.378 e. The van der Waals surface area contributed by atoms with Gasteiger partial charge >= 0.3 is 0 Å². The second-order valence-corrected chi connectivity index (χ2v) is 7.69. The Balaban J connectivity index is 1.37. The van der Waals surface area contributed by atoms with Crippen LogP contribution in [0.4, 0.5) is 0 Å². The highest BCUT2D eigenvalue weighted by Gasteiger charge is 2.58. The zero-order valence-corrected chi connectivity index (χ0v) is 13.5. The maximum absolute atomic E-state index is 5.93. The van der Waals surface area contributed by atoms with Crippen molar-refractivity contribution < 1.29 is 4.74 Å². The summed E-state index contributed by atoms with van der Waals surface area (Å²) in [5, 5.41) is 3.88. The maximum atomic E-state index is 5.93. The first-order valence-corrected chi connectivity index (χ1v) is 9.09. The van der Waals surface area contributed by atoms with Crippen molar-refractivity contribution in [3.63, 3.8) is 0 Å². The molecule has 3 rings (SSSR count). The summed E-state index contributed by atoms with van der Waals surface area (Å²) in [6.07, 6.45) is 13.3. The molecule has 20 heavy (non-hydrogen) atoms. The Morgan fingerprint density at radius 1 is 1.15 bits per heavy atom. The molecule has 2 heteroatoms. The predicted molar refractivity (Wildman–Crippen MR) is 83.8 cm³/mol. The lowest BCUT2D eigenvalue weighted by Gasteiger charge is -2.61. The minimum atomic E-state index is 0.539. The number of ether oxygens (including phenoxy) is 1. The summed E-state index contributed by atoms with van der Waals surface area (Å²) in [4.78, 5) is 0. The molecule has 2 unspecified atom stereocenters. The van der Waals surface area contributed by atoms with Crippen molar-refractivity contribution in [1.82, 2.24) is 5.32 Å². The number of hydrogen-bond donors (Lipinski definition) is 1. The van der Waals surface area contributed by atoms with E-state index < -0.39 is 0 Å².